The zero-order chi connectivity index (χ0) is 17.6. The Morgan fingerprint density at radius 3 is 2.64 bits per heavy atom. The predicted octanol–water partition coefficient (Wildman–Crippen LogP) is 3.05. The van der Waals surface area contributed by atoms with Crippen LogP contribution in [0.25, 0.3) is 5.57 Å². The monoisotopic (exact) mass is 386 g/mol. The van der Waals surface area contributed by atoms with Gasteiger partial charge in [0.1, 0.15) is 4.88 Å². The van der Waals surface area contributed by atoms with Crippen LogP contribution >= 0.6 is 35.2 Å². The van der Waals surface area contributed by atoms with Crippen molar-refractivity contribution in [2.75, 3.05) is 0 Å². The van der Waals surface area contributed by atoms with Crippen molar-refractivity contribution in [3.8, 4) is 5.88 Å². The molecule has 1 aromatic heterocycles. The van der Waals surface area contributed by atoms with Crippen molar-refractivity contribution in [2.45, 2.75) is 6.54 Å². The molecule has 1 amide bonds. The molecule has 0 atom stereocenters. The van der Waals surface area contributed by atoms with Crippen molar-refractivity contribution in [1.82, 2.24) is 4.57 Å². The van der Waals surface area contributed by atoms with E-state index in [0.29, 0.717) is 31.3 Å². The largest absolute Gasteiger partial charge is 0.493 e. The van der Waals surface area contributed by atoms with Crippen molar-refractivity contribution in [2.24, 2.45) is 4.99 Å². The summed E-state index contributed by atoms with van der Waals surface area (Å²) < 4.78 is 2.10. The first-order valence-electron chi connectivity index (χ1n) is 7.44. The molecule has 0 fully saturated rings. The Kier molecular flexibility index (Phi) is 4.03. The number of para-hydroxylation sites is 1. The predicted molar refractivity (Wildman–Crippen MR) is 100 cm³/mol. The quantitative estimate of drug-likeness (QED) is 0.704. The van der Waals surface area contributed by atoms with Crippen molar-refractivity contribution in [3.63, 3.8) is 0 Å². The number of rotatable bonds is 3. The number of hydrogen-bond acceptors (Lipinski definition) is 4. The maximum Gasteiger partial charge on any atom is 0.279 e. The maximum atomic E-state index is 12.3. The molecular weight excluding hydrogens is 376 g/mol. The van der Waals surface area contributed by atoms with Gasteiger partial charge in [0, 0.05) is 10.2 Å². The average molecular weight is 387 g/mol. The third-order valence-corrected chi connectivity index (χ3v) is 5.67. The first-order valence-corrected chi connectivity index (χ1v) is 9.04. The highest BCUT2D eigenvalue weighted by Crippen LogP contribution is 2.33. The normalized spacial score (nSPS) is 13.0. The minimum atomic E-state index is -0.355. The number of carbonyl (C=O) groups excluding carboxylic acids is 1. The molecule has 0 bridgehead atoms. The van der Waals surface area contributed by atoms with Gasteiger partial charge < -0.3 is 5.11 Å². The van der Waals surface area contributed by atoms with Crippen LogP contribution in [0.2, 0.25) is 5.02 Å². The van der Waals surface area contributed by atoms with Crippen LogP contribution in [0.5, 0.6) is 5.88 Å². The van der Waals surface area contributed by atoms with Gasteiger partial charge in [0.2, 0.25) is 5.88 Å². The van der Waals surface area contributed by atoms with Gasteiger partial charge in [-0.25, -0.2) is 4.99 Å². The van der Waals surface area contributed by atoms with Gasteiger partial charge in [0.15, 0.2) is 3.95 Å². The molecule has 0 radical (unpaired) electrons. The summed E-state index contributed by atoms with van der Waals surface area (Å²) in [4.78, 5) is 16.8. The molecule has 0 spiro atoms. The van der Waals surface area contributed by atoms with Crippen LogP contribution in [-0.2, 0) is 11.3 Å². The van der Waals surface area contributed by atoms with Gasteiger partial charge in [0.25, 0.3) is 5.91 Å². The topological polar surface area (TPSA) is 54.6 Å². The smallest absolute Gasteiger partial charge is 0.279 e. The van der Waals surface area contributed by atoms with Crippen molar-refractivity contribution < 1.29 is 9.90 Å². The van der Waals surface area contributed by atoms with Gasteiger partial charge in [-0.2, -0.15) is 0 Å². The van der Waals surface area contributed by atoms with Crippen molar-refractivity contribution in [3.05, 3.63) is 78.5 Å². The molecule has 1 aliphatic rings. The number of amides is 1. The van der Waals surface area contributed by atoms with Crippen LogP contribution in [-0.4, -0.2) is 15.6 Å². The number of benzene rings is 2. The summed E-state index contributed by atoms with van der Waals surface area (Å²) in [6.07, 6.45) is 0. The Morgan fingerprint density at radius 2 is 1.88 bits per heavy atom. The minimum absolute atomic E-state index is 0.0137. The third-order valence-electron chi connectivity index (χ3n) is 3.96. The van der Waals surface area contributed by atoms with E-state index in [-0.39, 0.29) is 11.8 Å². The van der Waals surface area contributed by atoms with Crippen LogP contribution in [0.15, 0.2) is 53.5 Å². The molecule has 25 heavy (non-hydrogen) atoms. The summed E-state index contributed by atoms with van der Waals surface area (Å²) in [5, 5.41) is 12.7. The molecular formula is C18H11ClN2O2S2. The van der Waals surface area contributed by atoms with E-state index >= 15 is 0 Å². The standard InChI is InChI=1S/C18H11ClN2O2S2/c19-11-7-5-10(6-8-11)9-21-17(23)15(25-18(21)24)14-12-3-1-2-4-13(12)20-16(14)22/h1-8,23H,9H2. The highest BCUT2D eigenvalue weighted by Gasteiger charge is 2.25. The SMILES string of the molecule is O=C1N=c2ccccc2=C1c1sc(=S)n(Cc2ccc(Cl)cc2)c1O. The highest BCUT2D eigenvalue weighted by molar-refractivity contribution is 7.73. The summed E-state index contributed by atoms with van der Waals surface area (Å²) in [6, 6.07) is 14.6. The van der Waals surface area contributed by atoms with Crippen LogP contribution < -0.4 is 10.6 Å². The first kappa shape index (κ1) is 16.2. The molecule has 1 N–H and O–H groups in total. The molecule has 0 unspecified atom stereocenters. The van der Waals surface area contributed by atoms with E-state index in [2.05, 4.69) is 4.99 Å². The Balaban J connectivity index is 1.85. The van der Waals surface area contributed by atoms with Crippen molar-refractivity contribution >= 4 is 46.6 Å². The number of aromatic nitrogens is 1. The summed E-state index contributed by atoms with van der Waals surface area (Å²) in [5.74, 6) is -0.369. The molecule has 124 valence electrons. The van der Waals surface area contributed by atoms with Crippen LogP contribution in [0, 0.1) is 3.95 Å². The van der Waals surface area contributed by atoms with Gasteiger partial charge >= 0.3 is 0 Å². The second-order valence-electron chi connectivity index (χ2n) is 5.54. The van der Waals surface area contributed by atoms with E-state index < -0.39 is 0 Å². The van der Waals surface area contributed by atoms with Crippen LogP contribution in [0.1, 0.15) is 10.4 Å². The second kappa shape index (κ2) is 6.22. The molecule has 0 aliphatic carbocycles. The van der Waals surface area contributed by atoms with Crippen molar-refractivity contribution in [1.29, 1.82) is 0 Å². The second-order valence-corrected chi connectivity index (χ2v) is 7.62. The molecule has 2 heterocycles. The molecule has 2 aromatic carbocycles. The lowest BCUT2D eigenvalue weighted by Gasteiger charge is -2.06. The Morgan fingerprint density at radius 1 is 1.16 bits per heavy atom. The maximum absolute atomic E-state index is 12.3. The lowest BCUT2D eigenvalue weighted by atomic mass is 10.1. The lowest BCUT2D eigenvalue weighted by molar-refractivity contribution is -0.112. The van der Waals surface area contributed by atoms with Gasteiger partial charge in [-0.15, -0.1) is 11.3 Å². The molecule has 4 rings (SSSR count). The van der Waals surface area contributed by atoms with Gasteiger partial charge in [-0.05, 0) is 36.0 Å². The minimum Gasteiger partial charge on any atom is -0.493 e. The average Bonchev–Trinajstić information content (AvgIpc) is 3.06. The molecule has 3 aromatic rings. The lowest BCUT2D eigenvalue weighted by Crippen LogP contribution is -2.22. The Bertz CT molecular complexity index is 1180. The Hall–Kier alpha value is -2.28. The summed E-state index contributed by atoms with van der Waals surface area (Å²) >= 11 is 12.5. The summed E-state index contributed by atoms with van der Waals surface area (Å²) in [6.45, 7) is 0.401. The fourth-order valence-electron chi connectivity index (χ4n) is 2.75. The number of hydrogen-bond donors (Lipinski definition) is 1. The fraction of sp³-hybridized carbons (Fsp3) is 0.0556. The number of halogens is 1. The zero-order valence-electron chi connectivity index (χ0n) is 12.8. The molecule has 1 aliphatic heterocycles. The number of fused-ring (bicyclic) bond motifs is 1. The highest BCUT2D eigenvalue weighted by atomic mass is 35.5. The first-order chi connectivity index (χ1) is 12.0. The number of nitrogens with zero attached hydrogens (tertiary/aromatic N) is 2. The molecule has 0 saturated heterocycles. The van der Waals surface area contributed by atoms with Crippen LogP contribution in [0.3, 0.4) is 0 Å². The fourth-order valence-corrected chi connectivity index (χ4v) is 4.22. The summed E-state index contributed by atoms with van der Waals surface area (Å²) in [7, 11) is 0. The molecule has 7 heteroatoms. The number of carbonyl (C=O) groups is 1. The third kappa shape index (κ3) is 2.82. The van der Waals surface area contributed by atoms with E-state index in [1.165, 1.54) is 11.3 Å². The van der Waals surface area contributed by atoms with E-state index in [9.17, 15) is 9.90 Å². The molecule has 0 saturated carbocycles. The van der Waals surface area contributed by atoms with E-state index in [0.717, 1.165) is 10.8 Å². The van der Waals surface area contributed by atoms with Crippen LogP contribution in [0.4, 0.5) is 0 Å². The van der Waals surface area contributed by atoms with Gasteiger partial charge in [-0.3, -0.25) is 9.36 Å². The van der Waals surface area contributed by atoms with Gasteiger partial charge in [-0.1, -0.05) is 41.9 Å². The van der Waals surface area contributed by atoms with Gasteiger partial charge in [0.05, 0.1) is 17.5 Å². The van der Waals surface area contributed by atoms with E-state index in [4.69, 9.17) is 23.8 Å². The Labute approximate surface area is 157 Å². The van der Waals surface area contributed by atoms with E-state index in [1.54, 1.807) is 22.8 Å². The number of aromatic hydroxyl groups is 1. The molecule has 4 nitrogen and oxygen atoms in total. The summed E-state index contributed by atoms with van der Waals surface area (Å²) in [5.41, 5.74) is 1.35. The zero-order valence-corrected chi connectivity index (χ0v) is 15.2. The van der Waals surface area contributed by atoms with E-state index in [1.807, 2.05) is 30.3 Å². The number of thiazole rings is 1.